The van der Waals surface area contributed by atoms with E-state index >= 15 is 0 Å². The van der Waals surface area contributed by atoms with Crippen LogP contribution < -0.4 is 20.7 Å². The molecule has 0 saturated carbocycles. The first-order valence-corrected chi connectivity index (χ1v) is 7.76. The van der Waals surface area contributed by atoms with Crippen molar-refractivity contribution in [2.75, 3.05) is 19.1 Å². The van der Waals surface area contributed by atoms with Crippen LogP contribution in [0.25, 0.3) is 10.4 Å². The highest BCUT2D eigenvalue weighted by atomic mass is 32.1. The third kappa shape index (κ3) is 3.65. The summed E-state index contributed by atoms with van der Waals surface area (Å²) in [6.07, 6.45) is 2.12. The normalized spacial score (nSPS) is 10.5. The Hall–Kier alpha value is -1.79. The van der Waals surface area contributed by atoms with Gasteiger partial charge < -0.3 is 9.47 Å². The van der Waals surface area contributed by atoms with E-state index in [1.54, 1.807) is 7.11 Å². The Kier molecular flexibility index (Phi) is 5.41. The zero-order chi connectivity index (χ0) is 15.2. The molecule has 0 fully saturated rings. The summed E-state index contributed by atoms with van der Waals surface area (Å²) in [7, 11) is 1.65. The number of benzene rings is 1. The van der Waals surface area contributed by atoms with E-state index in [0.717, 1.165) is 40.5 Å². The lowest BCUT2D eigenvalue weighted by Crippen LogP contribution is -2.05. The second kappa shape index (κ2) is 7.28. The molecule has 2 rings (SSSR count). The molecule has 0 bridgehead atoms. The average Bonchev–Trinajstić information content (AvgIpc) is 2.88. The van der Waals surface area contributed by atoms with Crippen LogP contribution in [0.2, 0.25) is 0 Å². The first kappa shape index (κ1) is 15.6. The van der Waals surface area contributed by atoms with Crippen molar-refractivity contribution in [3.63, 3.8) is 0 Å². The van der Waals surface area contributed by atoms with Gasteiger partial charge in [0.2, 0.25) is 0 Å². The quantitative estimate of drug-likeness (QED) is 0.465. The number of nitrogens with one attached hydrogen (secondary N) is 1. The number of rotatable bonds is 7. The Morgan fingerprint density at radius 3 is 2.76 bits per heavy atom. The van der Waals surface area contributed by atoms with Gasteiger partial charge in [-0.25, -0.2) is 10.8 Å². The van der Waals surface area contributed by atoms with Crippen LogP contribution in [-0.2, 0) is 0 Å². The van der Waals surface area contributed by atoms with Gasteiger partial charge in [0, 0.05) is 0 Å². The smallest absolute Gasteiger partial charge is 0.197 e. The van der Waals surface area contributed by atoms with E-state index in [1.807, 2.05) is 25.1 Å². The number of unbranched alkanes of at least 4 members (excludes halogenated alkanes) is 1. The van der Waals surface area contributed by atoms with Crippen molar-refractivity contribution in [1.29, 1.82) is 0 Å². The van der Waals surface area contributed by atoms with Crippen molar-refractivity contribution >= 4 is 16.5 Å². The second-order valence-corrected chi connectivity index (χ2v) is 5.64. The summed E-state index contributed by atoms with van der Waals surface area (Å²) < 4.78 is 11.2. The van der Waals surface area contributed by atoms with E-state index in [-0.39, 0.29) is 0 Å². The number of nitrogens with zero attached hydrogens (tertiary/aromatic N) is 1. The van der Waals surface area contributed by atoms with Gasteiger partial charge in [0.05, 0.1) is 24.3 Å². The molecule has 0 unspecified atom stereocenters. The van der Waals surface area contributed by atoms with Crippen LogP contribution in [0.1, 0.15) is 25.5 Å². The summed E-state index contributed by atoms with van der Waals surface area (Å²) in [5.74, 6) is 6.93. The Bertz CT molecular complexity index is 599. The van der Waals surface area contributed by atoms with Crippen molar-refractivity contribution in [2.24, 2.45) is 5.84 Å². The highest BCUT2D eigenvalue weighted by Gasteiger charge is 2.12. The molecule has 0 aliphatic carbocycles. The van der Waals surface area contributed by atoms with Crippen LogP contribution in [0.4, 0.5) is 5.13 Å². The molecule has 6 heteroatoms. The van der Waals surface area contributed by atoms with Gasteiger partial charge in [-0.1, -0.05) is 24.7 Å². The number of methoxy groups -OCH3 is 1. The van der Waals surface area contributed by atoms with Crippen LogP contribution in [0.3, 0.4) is 0 Å². The number of aryl methyl sites for hydroxylation is 1. The van der Waals surface area contributed by atoms with Crippen LogP contribution in [0, 0.1) is 6.92 Å². The van der Waals surface area contributed by atoms with E-state index in [0.29, 0.717) is 11.7 Å². The van der Waals surface area contributed by atoms with E-state index < -0.39 is 0 Å². The predicted octanol–water partition coefficient (Wildman–Crippen LogP) is 3.59. The van der Waals surface area contributed by atoms with E-state index in [4.69, 9.17) is 15.3 Å². The lowest BCUT2D eigenvalue weighted by molar-refractivity contribution is 0.288. The highest BCUT2D eigenvalue weighted by Crippen LogP contribution is 2.37. The van der Waals surface area contributed by atoms with E-state index in [2.05, 4.69) is 17.3 Å². The molecule has 0 aliphatic rings. The monoisotopic (exact) mass is 307 g/mol. The number of hydrogen-bond acceptors (Lipinski definition) is 6. The summed E-state index contributed by atoms with van der Waals surface area (Å²) in [4.78, 5) is 5.44. The number of hydrogen-bond donors (Lipinski definition) is 2. The number of hydrazine groups is 1. The topological polar surface area (TPSA) is 69.4 Å². The molecule has 0 amide bonds. The number of thiazole rings is 1. The van der Waals surface area contributed by atoms with Gasteiger partial charge in [-0.2, -0.15) is 0 Å². The van der Waals surface area contributed by atoms with Gasteiger partial charge in [0.1, 0.15) is 0 Å². The van der Waals surface area contributed by atoms with Gasteiger partial charge in [-0.15, -0.1) is 0 Å². The molecule has 21 heavy (non-hydrogen) atoms. The second-order valence-electron chi connectivity index (χ2n) is 4.65. The third-order valence-electron chi connectivity index (χ3n) is 3.10. The molecular formula is C15H21N3O2S. The molecule has 0 atom stereocenters. The van der Waals surface area contributed by atoms with Crippen LogP contribution in [0.15, 0.2) is 18.2 Å². The Morgan fingerprint density at radius 1 is 1.33 bits per heavy atom. The van der Waals surface area contributed by atoms with Crippen molar-refractivity contribution in [2.45, 2.75) is 26.7 Å². The lowest BCUT2D eigenvalue weighted by Gasteiger charge is -2.11. The SMILES string of the molecule is CCCCOc1cc(-c2sc(NN)nc2C)ccc1OC. The number of nitrogen functional groups attached to an aromatic ring is 1. The zero-order valence-corrected chi connectivity index (χ0v) is 13.4. The van der Waals surface area contributed by atoms with E-state index in [9.17, 15) is 0 Å². The van der Waals surface area contributed by atoms with Crippen LogP contribution in [-0.4, -0.2) is 18.7 Å². The van der Waals surface area contributed by atoms with Crippen LogP contribution >= 0.6 is 11.3 Å². The Balaban J connectivity index is 2.31. The molecule has 1 aromatic heterocycles. The van der Waals surface area contributed by atoms with Crippen molar-refractivity contribution in [3.05, 3.63) is 23.9 Å². The number of anilines is 1. The summed E-state index contributed by atoms with van der Waals surface area (Å²) in [5, 5.41) is 0.701. The first-order chi connectivity index (χ1) is 10.2. The maximum absolute atomic E-state index is 5.82. The molecule has 3 N–H and O–H groups in total. The Labute approximate surface area is 129 Å². The van der Waals surface area contributed by atoms with Crippen molar-refractivity contribution in [3.8, 4) is 21.9 Å². The summed E-state index contributed by atoms with van der Waals surface area (Å²) in [5.41, 5.74) is 4.59. The molecule has 5 nitrogen and oxygen atoms in total. The fourth-order valence-corrected chi connectivity index (χ4v) is 2.86. The molecule has 0 radical (unpaired) electrons. The molecule has 0 saturated heterocycles. The molecule has 1 heterocycles. The average molecular weight is 307 g/mol. The van der Waals surface area contributed by atoms with Gasteiger partial charge in [0.15, 0.2) is 16.6 Å². The van der Waals surface area contributed by atoms with Crippen molar-refractivity contribution in [1.82, 2.24) is 4.98 Å². The summed E-state index contributed by atoms with van der Waals surface area (Å²) in [6, 6.07) is 5.92. The molecular weight excluding hydrogens is 286 g/mol. The fraction of sp³-hybridized carbons (Fsp3) is 0.400. The minimum absolute atomic E-state index is 0.688. The number of aromatic nitrogens is 1. The number of nitrogens with two attached hydrogens (primary N) is 1. The standard InChI is InChI=1S/C15H21N3O2S/c1-4-5-8-20-13-9-11(6-7-12(13)19-3)14-10(2)17-15(18-16)21-14/h6-7,9H,4-5,8,16H2,1-3H3,(H,17,18). The maximum atomic E-state index is 5.82. The third-order valence-corrected chi connectivity index (χ3v) is 4.24. The molecule has 1 aromatic carbocycles. The highest BCUT2D eigenvalue weighted by molar-refractivity contribution is 7.19. The van der Waals surface area contributed by atoms with Gasteiger partial charge in [-0.05, 0) is 37.1 Å². The predicted molar refractivity (Wildman–Crippen MR) is 87.1 cm³/mol. The van der Waals surface area contributed by atoms with Crippen LogP contribution in [0.5, 0.6) is 11.5 Å². The minimum atomic E-state index is 0.688. The molecule has 0 spiro atoms. The fourth-order valence-electron chi connectivity index (χ4n) is 1.98. The lowest BCUT2D eigenvalue weighted by atomic mass is 10.1. The van der Waals surface area contributed by atoms with Gasteiger partial charge >= 0.3 is 0 Å². The Morgan fingerprint density at radius 2 is 2.14 bits per heavy atom. The first-order valence-electron chi connectivity index (χ1n) is 6.94. The summed E-state index contributed by atoms with van der Waals surface area (Å²) >= 11 is 1.52. The van der Waals surface area contributed by atoms with Gasteiger partial charge in [0.25, 0.3) is 0 Å². The largest absolute Gasteiger partial charge is 0.493 e. The van der Waals surface area contributed by atoms with Crippen molar-refractivity contribution < 1.29 is 9.47 Å². The minimum Gasteiger partial charge on any atom is -0.493 e. The van der Waals surface area contributed by atoms with E-state index in [1.165, 1.54) is 11.3 Å². The number of ether oxygens (including phenoxy) is 2. The summed E-state index contributed by atoms with van der Waals surface area (Å²) in [6.45, 7) is 4.79. The molecule has 0 aliphatic heterocycles. The maximum Gasteiger partial charge on any atom is 0.197 e. The van der Waals surface area contributed by atoms with Gasteiger partial charge in [-0.3, -0.25) is 5.43 Å². The molecule has 2 aromatic rings. The zero-order valence-electron chi connectivity index (χ0n) is 12.6. The molecule has 114 valence electrons.